The molecule has 0 aliphatic carbocycles. The van der Waals surface area contributed by atoms with Gasteiger partial charge in [-0.2, -0.15) is 0 Å². The molecule has 1 rings (SSSR count). The fraction of sp³-hybridized carbons (Fsp3) is 0.923. The molecular formula is C13H25NO. The van der Waals surface area contributed by atoms with Crippen LogP contribution in [0.3, 0.4) is 0 Å². The van der Waals surface area contributed by atoms with Crippen molar-refractivity contribution in [3.63, 3.8) is 0 Å². The maximum atomic E-state index is 12.1. The maximum Gasteiger partial charge on any atom is 0.152 e. The second kappa shape index (κ2) is 4.65. The molecule has 0 saturated carbocycles. The minimum Gasteiger partial charge on any atom is -0.298 e. The number of carbonyl (C=O) groups excluding carboxylic acids is 1. The zero-order valence-electron chi connectivity index (χ0n) is 10.9. The Bertz CT molecular complexity index is 235. The Morgan fingerprint density at radius 3 is 2.13 bits per heavy atom. The molecule has 1 saturated heterocycles. The van der Waals surface area contributed by atoms with E-state index in [0.29, 0.717) is 23.8 Å². The highest BCUT2D eigenvalue weighted by Crippen LogP contribution is 2.32. The molecule has 0 unspecified atom stereocenters. The lowest BCUT2D eigenvalue weighted by Gasteiger charge is -2.32. The van der Waals surface area contributed by atoms with Gasteiger partial charge in [-0.15, -0.1) is 0 Å². The molecule has 1 aliphatic heterocycles. The van der Waals surface area contributed by atoms with Crippen LogP contribution in [0.15, 0.2) is 0 Å². The third kappa shape index (κ3) is 2.41. The van der Waals surface area contributed by atoms with Gasteiger partial charge in [0.2, 0.25) is 0 Å². The first-order valence-electron chi connectivity index (χ1n) is 6.17. The van der Waals surface area contributed by atoms with Gasteiger partial charge in [0, 0.05) is 18.0 Å². The molecule has 88 valence electrons. The van der Waals surface area contributed by atoms with Crippen LogP contribution in [0.5, 0.6) is 0 Å². The van der Waals surface area contributed by atoms with Crippen molar-refractivity contribution < 1.29 is 4.79 Å². The largest absolute Gasteiger partial charge is 0.298 e. The van der Waals surface area contributed by atoms with E-state index in [1.165, 1.54) is 0 Å². The van der Waals surface area contributed by atoms with Crippen LogP contribution in [0.1, 0.15) is 48.0 Å². The summed E-state index contributed by atoms with van der Waals surface area (Å²) < 4.78 is 0. The number of hydrogen-bond donors (Lipinski definition) is 0. The van der Waals surface area contributed by atoms with E-state index in [0.717, 1.165) is 6.42 Å². The van der Waals surface area contributed by atoms with Gasteiger partial charge in [0.05, 0.1) is 6.04 Å². The molecule has 0 spiro atoms. The van der Waals surface area contributed by atoms with Crippen LogP contribution in [0, 0.1) is 11.8 Å². The summed E-state index contributed by atoms with van der Waals surface area (Å²) >= 11 is 0. The van der Waals surface area contributed by atoms with Crippen LogP contribution in [0.2, 0.25) is 0 Å². The molecule has 15 heavy (non-hydrogen) atoms. The van der Waals surface area contributed by atoms with E-state index in [1.807, 2.05) is 13.8 Å². The molecule has 0 amide bonds. The highest BCUT2D eigenvalue weighted by molar-refractivity contribution is 5.86. The number of likely N-dealkylation sites (tertiary alicyclic amines) is 1. The molecule has 0 aromatic rings. The Morgan fingerprint density at radius 2 is 1.73 bits per heavy atom. The van der Waals surface area contributed by atoms with Gasteiger partial charge in [-0.05, 0) is 33.1 Å². The van der Waals surface area contributed by atoms with Crippen molar-refractivity contribution in [3.05, 3.63) is 0 Å². The number of carbonyl (C=O) groups is 1. The quantitative estimate of drug-likeness (QED) is 0.715. The zero-order chi connectivity index (χ0) is 11.7. The van der Waals surface area contributed by atoms with E-state index < -0.39 is 0 Å². The minimum absolute atomic E-state index is 0.161. The average molecular weight is 211 g/mol. The van der Waals surface area contributed by atoms with E-state index in [2.05, 4.69) is 32.6 Å². The molecule has 0 bridgehead atoms. The van der Waals surface area contributed by atoms with E-state index in [4.69, 9.17) is 0 Å². The molecule has 1 aliphatic rings. The van der Waals surface area contributed by atoms with Crippen molar-refractivity contribution in [2.75, 3.05) is 0 Å². The van der Waals surface area contributed by atoms with Crippen LogP contribution in [-0.2, 0) is 4.79 Å². The van der Waals surface area contributed by atoms with Gasteiger partial charge in [-0.25, -0.2) is 0 Å². The number of rotatable bonds is 3. The van der Waals surface area contributed by atoms with E-state index in [-0.39, 0.29) is 12.0 Å². The lowest BCUT2D eigenvalue weighted by atomic mass is 9.96. The van der Waals surface area contributed by atoms with Crippen LogP contribution < -0.4 is 0 Å². The lowest BCUT2D eigenvalue weighted by Crippen LogP contribution is -2.45. The molecule has 0 radical (unpaired) electrons. The second-order valence-corrected chi connectivity index (χ2v) is 5.57. The van der Waals surface area contributed by atoms with Crippen molar-refractivity contribution in [1.29, 1.82) is 0 Å². The molecule has 1 heterocycles. The summed E-state index contributed by atoms with van der Waals surface area (Å²) in [5.41, 5.74) is 0. The Morgan fingerprint density at radius 1 is 1.20 bits per heavy atom. The Labute approximate surface area is 94.0 Å². The lowest BCUT2D eigenvalue weighted by molar-refractivity contribution is -0.127. The molecule has 0 aromatic carbocycles. The molecule has 1 fully saturated rings. The topological polar surface area (TPSA) is 20.3 Å². The summed E-state index contributed by atoms with van der Waals surface area (Å²) in [6.45, 7) is 12.9. The van der Waals surface area contributed by atoms with Gasteiger partial charge >= 0.3 is 0 Å². The molecule has 2 heteroatoms. The van der Waals surface area contributed by atoms with Crippen LogP contribution in [0.25, 0.3) is 0 Å². The average Bonchev–Trinajstić information content (AvgIpc) is 2.41. The van der Waals surface area contributed by atoms with Crippen molar-refractivity contribution in [1.82, 2.24) is 4.90 Å². The third-order valence-corrected chi connectivity index (χ3v) is 3.74. The van der Waals surface area contributed by atoms with E-state index in [1.54, 1.807) is 0 Å². The van der Waals surface area contributed by atoms with Crippen molar-refractivity contribution in [2.24, 2.45) is 11.8 Å². The van der Waals surface area contributed by atoms with E-state index in [9.17, 15) is 4.79 Å². The van der Waals surface area contributed by atoms with Crippen LogP contribution >= 0.6 is 0 Å². The molecular weight excluding hydrogens is 186 g/mol. The summed E-state index contributed by atoms with van der Waals surface area (Å²) in [6, 6.07) is 1.17. The van der Waals surface area contributed by atoms with Gasteiger partial charge in [0.25, 0.3) is 0 Å². The fourth-order valence-electron chi connectivity index (χ4n) is 2.73. The van der Waals surface area contributed by atoms with Crippen LogP contribution in [-0.4, -0.2) is 28.8 Å². The highest BCUT2D eigenvalue weighted by atomic mass is 16.1. The predicted octanol–water partition coefficient (Wildman–Crippen LogP) is 2.72. The SMILES string of the molecule is CC(C)C(=O)[C@@H]1C[C@@H](C)[C@H](C)N1C(C)C. The predicted molar refractivity (Wildman–Crippen MR) is 63.9 cm³/mol. The van der Waals surface area contributed by atoms with E-state index >= 15 is 0 Å². The first kappa shape index (κ1) is 12.7. The third-order valence-electron chi connectivity index (χ3n) is 3.74. The first-order valence-corrected chi connectivity index (χ1v) is 6.17. The van der Waals surface area contributed by atoms with Crippen molar-refractivity contribution >= 4 is 5.78 Å². The normalized spacial score (nSPS) is 32.9. The van der Waals surface area contributed by atoms with Gasteiger partial charge in [-0.1, -0.05) is 20.8 Å². The molecule has 2 nitrogen and oxygen atoms in total. The first-order chi connectivity index (χ1) is 6.86. The number of nitrogens with zero attached hydrogens (tertiary/aromatic N) is 1. The summed E-state index contributed by atoms with van der Waals surface area (Å²) in [4.78, 5) is 14.5. The molecule has 0 N–H and O–H groups in total. The summed E-state index contributed by atoms with van der Waals surface area (Å²) in [5.74, 6) is 1.22. The molecule has 0 aromatic heterocycles. The van der Waals surface area contributed by atoms with Crippen molar-refractivity contribution in [2.45, 2.75) is 66.1 Å². The minimum atomic E-state index is 0.161. The second-order valence-electron chi connectivity index (χ2n) is 5.57. The van der Waals surface area contributed by atoms with Gasteiger partial charge in [-0.3, -0.25) is 9.69 Å². The summed E-state index contributed by atoms with van der Waals surface area (Å²) in [5, 5.41) is 0. The smallest absolute Gasteiger partial charge is 0.152 e. The van der Waals surface area contributed by atoms with Gasteiger partial charge < -0.3 is 0 Å². The Kier molecular flexibility index (Phi) is 3.93. The summed E-state index contributed by atoms with van der Waals surface area (Å²) in [6.07, 6.45) is 1.04. The Balaban J connectivity index is 2.84. The Hall–Kier alpha value is -0.370. The monoisotopic (exact) mass is 211 g/mol. The highest BCUT2D eigenvalue weighted by Gasteiger charge is 2.41. The van der Waals surface area contributed by atoms with Gasteiger partial charge in [0.15, 0.2) is 5.78 Å². The standard InChI is InChI=1S/C13H25NO/c1-8(2)13(15)12-7-10(5)11(6)14(12)9(3)4/h8-12H,7H2,1-6H3/t10-,11+,12+/m1/s1. The maximum absolute atomic E-state index is 12.1. The molecule has 3 atom stereocenters. The summed E-state index contributed by atoms with van der Waals surface area (Å²) in [7, 11) is 0. The number of ketones is 1. The van der Waals surface area contributed by atoms with Crippen LogP contribution in [0.4, 0.5) is 0 Å². The van der Waals surface area contributed by atoms with Crippen molar-refractivity contribution in [3.8, 4) is 0 Å². The van der Waals surface area contributed by atoms with Gasteiger partial charge in [0.1, 0.15) is 0 Å². The number of Topliss-reactive ketones (excluding diaryl/α,β-unsaturated/α-hetero) is 1. The zero-order valence-corrected chi connectivity index (χ0v) is 10.9. The number of hydrogen-bond acceptors (Lipinski definition) is 2. The fourth-order valence-corrected chi connectivity index (χ4v) is 2.73.